The second-order valence-electron chi connectivity index (χ2n) is 4.59. The van der Waals surface area contributed by atoms with Crippen molar-refractivity contribution >= 4 is 16.7 Å². The number of aliphatic hydroxyl groups is 3. The molecule has 1 aliphatic heterocycles. The number of anilines is 1. The van der Waals surface area contributed by atoms with Gasteiger partial charge in [0.2, 0.25) is 0 Å². The van der Waals surface area contributed by atoms with E-state index in [9.17, 15) is 10.2 Å². The molecule has 7 heteroatoms. The minimum atomic E-state index is -1.13. The molecule has 1 fully saturated rings. The van der Waals surface area contributed by atoms with Crippen LogP contribution in [-0.2, 0) is 4.74 Å². The van der Waals surface area contributed by atoms with Crippen molar-refractivity contribution in [2.75, 3.05) is 12.3 Å². The number of nitrogen functional groups attached to an aromatic ring is 1. The van der Waals surface area contributed by atoms with Crippen LogP contribution in [0.25, 0.3) is 11.0 Å². The highest BCUT2D eigenvalue weighted by molar-refractivity contribution is 5.88. The number of hydrogen-bond donors (Lipinski definition) is 4. The highest BCUT2D eigenvalue weighted by Gasteiger charge is 2.43. The van der Waals surface area contributed by atoms with Crippen molar-refractivity contribution in [1.29, 1.82) is 0 Å². The van der Waals surface area contributed by atoms with Gasteiger partial charge in [-0.3, -0.25) is 0 Å². The van der Waals surface area contributed by atoms with Crippen LogP contribution >= 0.6 is 0 Å². The summed E-state index contributed by atoms with van der Waals surface area (Å²) in [5, 5.41) is 29.6. The Labute approximate surface area is 108 Å². The molecular formula is C12H15N3O4. The summed E-state index contributed by atoms with van der Waals surface area (Å²) in [6, 6.07) is 3.45. The second kappa shape index (κ2) is 4.46. The quantitative estimate of drug-likeness (QED) is 0.567. The van der Waals surface area contributed by atoms with E-state index in [0.717, 1.165) is 5.39 Å². The largest absolute Gasteiger partial charge is 0.398 e. The standard InChI is InChI=1S/C12H15N3O4/c13-7-1-3-14-11-6(7)2-4-15(11)12-10(18)9(17)8(5-16)19-12/h1-4,8-10,12,16-18H,5H2,(H2,13,14)/t8-,9-,10-,12+/m1/s1. The van der Waals surface area contributed by atoms with Gasteiger partial charge in [-0.1, -0.05) is 0 Å². The lowest BCUT2D eigenvalue weighted by atomic mass is 10.1. The Kier molecular flexibility index (Phi) is 2.90. The van der Waals surface area contributed by atoms with Crippen LogP contribution in [0.3, 0.4) is 0 Å². The van der Waals surface area contributed by atoms with Crippen molar-refractivity contribution in [2.45, 2.75) is 24.5 Å². The molecule has 3 heterocycles. The van der Waals surface area contributed by atoms with Crippen LogP contribution in [0, 0.1) is 0 Å². The maximum absolute atomic E-state index is 9.99. The number of ether oxygens (including phenoxy) is 1. The number of nitrogens with zero attached hydrogens (tertiary/aromatic N) is 2. The summed E-state index contributed by atoms with van der Waals surface area (Å²) >= 11 is 0. The monoisotopic (exact) mass is 265 g/mol. The summed E-state index contributed by atoms with van der Waals surface area (Å²) in [5.74, 6) is 0. The highest BCUT2D eigenvalue weighted by Crippen LogP contribution is 2.32. The highest BCUT2D eigenvalue weighted by atomic mass is 16.6. The number of aromatic nitrogens is 2. The fourth-order valence-corrected chi connectivity index (χ4v) is 2.39. The van der Waals surface area contributed by atoms with Crippen molar-refractivity contribution < 1.29 is 20.1 Å². The second-order valence-corrected chi connectivity index (χ2v) is 4.59. The Hall–Kier alpha value is -1.67. The van der Waals surface area contributed by atoms with Gasteiger partial charge in [0, 0.05) is 23.5 Å². The van der Waals surface area contributed by atoms with Crippen LogP contribution in [0.1, 0.15) is 6.23 Å². The molecule has 0 spiro atoms. The smallest absolute Gasteiger partial charge is 0.164 e. The molecule has 1 saturated heterocycles. The Morgan fingerprint density at radius 2 is 2.11 bits per heavy atom. The third-order valence-electron chi connectivity index (χ3n) is 3.44. The van der Waals surface area contributed by atoms with Crippen molar-refractivity contribution in [3.05, 3.63) is 24.5 Å². The molecule has 2 aromatic rings. The third kappa shape index (κ3) is 1.79. The molecule has 2 aromatic heterocycles. The zero-order valence-corrected chi connectivity index (χ0v) is 10.0. The number of nitrogens with two attached hydrogens (primary N) is 1. The van der Waals surface area contributed by atoms with Gasteiger partial charge >= 0.3 is 0 Å². The normalized spacial score (nSPS) is 31.1. The first-order valence-corrected chi connectivity index (χ1v) is 5.97. The van der Waals surface area contributed by atoms with Gasteiger partial charge in [-0.15, -0.1) is 0 Å². The van der Waals surface area contributed by atoms with E-state index in [-0.39, 0.29) is 6.61 Å². The van der Waals surface area contributed by atoms with Gasteiger partial charge in [-0.2, -0.15) is 0 Å². The topological polar surface area (TPSA) is 114 Å². The van der Waals surface area contributed by atoms with E-state index in [4.69, 9.17) is 15.6 Å². The van der Waals surface area contributed by atoms with Gasteiger partial charge in [0.25, 0.3) is 0 Å². The number of aliphatic hydroxyl groups excluding tert-OH is 3. The Bertz CT molecular complexity index is 600. The summed E-state index contributed by atoms with van der Waals surface area (Å²) in [4.78, 5) is 4.20. The summed E-state index contributed by atoms with van der Waals surface area (Å²) in [6.07, 6.45) is -0.605. The predicted octanol–water partition coefficient (Wildman–Crippen LogP) is -0.770. The van der Waals surface area contributed by atoms with Crippen LogP contribution in [0.5, 0.6) is 0 Å². The van der Waals surface area contributed by atoms with Crippen molar-refractivity contribution in [3.8, 4) is 0 Å². The fourth-order valence-electron chi connectivity index (χ4n) is 2.39. The summed E-state index contributed by atoms with van der Waals surface area (Å²) in [7, 11) is 0. The van der Waals surface area contributed by atoms with Crippen LogP contribution < -0.4 is 5.73 Å². The lowest BCUT2D eigenvalue weighted by Gasteiger charge is -2.17. The third-order valence-corrected chi connectivity index (χ3v) is 3.44. The van der Waals surface area contributed by atoms with E-state index in [1.54, 1.807) is 29.1 Å². The van der Waals surface area contributed by atoms with Crippen LogP contribution in [0.4, 0.5) is 5.69 Å². The summed E-state index contributed by atoms with van der Waals surface area (Å²) in [5.41, 5.74) is 6.98. The molecule has 0 aromatic carbocycles. The maximum Gasteiger partial charge on any atom is 0.164 e. The number of fused-ring (bicyclic) bond motifs is 1. The molecule has 3 rings (SSSR count). The fraction of sp³-hybridized carbons (Fsp3) is 0.417. The molecule has 7 nitrogen and oxygen atoms in total. The minimum Gasteiger partial charge on any atom is -0.398 e. The molecule has 102 valence electrons. The zero-order chi connectivity index (χ0) is 13.6. The molecular weight excluding hydrogens is 250 g/mol. The average molecular weight is 265 g/mol. The molecule has 0 aliphatic carbocycles. The molecule has 4 atom stereocenters. The van der Waals surface area contributed by atoms with Gasteiger partial charge < -0.3 is 30.4 Å². The van der Waals surface area contributed by atoms with Crippen LogP contribution in [-0.4, -0.2) is 49.8 Å². The van der Waals surface area contributed by atoms with E-state index < -0.39 is 24.5 Å². The summed E-state index contributed by atoms with van der Waals surface area (Å²) < 4.78 is 7.07. The molecule has 19 heavy (non-hydrogen) atoms. The molecule has 1 aliphatic rings. The predicted molar refractivity (Wildman–Crippen MR) is 67.2 cm³/mol. The van der Waals surface area contributed by atoms with E-state index in [1.807, 2.05) is 0 Å². The molecule has 0 saturated carbocycles. The van der Waals surface area contributed by atoms with Gasteiger partial charge in [-0.25, -0.2) is 4.98 Å². The number of rotatable bonds is 2. The Balaban J connectivity index is 2.04. The average Bonchev–Trinajstić information content (AvgIpc) is 2.94. The van der Waals surface area contributed by atoms with E-state index in [0.29, 0.717) is 11.3 Å². The minimum absolute atomic E-state index is 0.358. The van der Waals surface area contributed by atoms with Crippen LogP contribution in [0.2, 0.25) is 0 Å². The lowest BCUT2D eigenvalue weighted by molar-refractivity contribution is -0.0508. The zero-order valence-electron chi connectivity index (χ0n) is 10.0. The Morgan fingerprint density at radius 3 is 2.79 bits per heavy atom. The Morgan fingerprint density at radius 1 is 1.32 bits per heavy atom. The van der Waals surface area contributed by atoms with E-state index >= 15 is 0 Å². The number of pyridine rings is 1. The first-order valence-electron chi connectivity index (χ1n) is 5.97. The summed E-state index contributed by atoms with van der Waals surface area (Å²) in [6.45, 7) is -0.358. The maximum atomic E-state index is 9.99. The van der Waals surface area contributed by atoms with Crippen molar-refractivity contribution in [3.63, 3.8) is 0 Å². The van der Waals surface area contributed by atoms with E-state index in [2.05, 4.69) is 4.98 Å². The van der Waals surface area contributed by atoms with Crippen LogP contribution in [0.15, 0.2) is 24.5 Å². The molecule has 0 unspecified atom stereocenters. The number of hydrogen-bond acceptors (Lipinski definition) is 6. The lowest BCUT2D eigenvalue weighted by Crippen LogP contribution is -2.33. The van der Waals surface area contributed by atoms with Gasteiger partial charge in [0.1, 0.15) is 24.0 Å². The molecule has 0 bridgehead atoms. The SMILES string of the molecule is Nc1ccnc2c1ccn2[C@H]1O[C@H](CO)[C@@H](O)[C@H]1O. The molecule has 5 N–H and O–H groups in total. The van der Waals surface area contributed by atoms with Crippen molar-refractivity contribution in [2.24, 2.45) is 0 Å². The van der Waals surface area contributed by atoms with Gasteiger partial charge in [-0.05, 0) is 12.1 Å². The van der Waals surface area contributed by atoms with Gasteiger partial charge in [0.05, 0.1) is 6.61 Å². The van der Waals surface area contributed by atoms with Crippen molar-refractivity contribution in [1.82, 2.24) is 9.55 Å². The molecule has 0 amide bonds. The molecule has 0 radical (unpaired) electrons. The first kappa shape index (κ1) is 12.4. The first-order chi connectivity index (χ1) is 9.13. The van der Waals surface area contributed by atoms with Gasteiger partial charge in [0.15, 0.2) is 6.23 Å². The van der Waals surface area contributed by atoms with E-state index in [1.165, 1.54) is 0 Å².